The summed E-state index contributed by atoms with van der Waals surface area (Å²) in [6, 6.07) is 19.6. The zero-order chi connectivity index (χ0) is 28.7. The molecule has 0 heterocycles. The van der Waals surface area contributed by atoms with Gasteiger partial charge in [-0.05, 0) is 81.6 Å². The molecule has 0 bridgehead atoms. The first-order valence-electron chi connectivity index (χ1n) is 12.8. The third-order valence-electron chi connectivity index (χ3n) is 6.57. The Hall–Kier alpha value is -3.85. The number of anilines is 1. The van der Waals surface area contributed by atoms with Crippen molar-refractivity contribution < 1.29 is 22.7 Å². The lowest BCUT2D eigenvalue weighted by molar-refractivity contribution is -0.139. The number of sulfonamides is 1. The molecule has 3 aromatic carbocycles. The van der Waals surface area contributed by atoms with Crippen molar-refractivity contribution in [3.63, 3.8) is 0 Å². The summed E-state index contributed by atoms with van der Waals surface area (Å²) in [5.41, 5.74) is 2.83. The van der Waals surface area contributed by atoms with E-state index in [2.05, 4.69) is 5.32 Å². The molecule has 0 unspecified atom stereocenters. The van der Waals surface area contributed by atoms with E-state index in [1.165, 1.54) is 17.0 Å². The van der Waals surface area contributed by atoms with Crippen molar-refractivity contribution in [1.82, 2.24) is 10.2 Å². The minimum absolute atomic E-state index is 0.0750. The average Bonchev–Trinajstić information content (AvgIpc) is 2.92. The van der Waals surface area contributed by atoms with Crippen LogP contribution in [-0.2, 0) is 26.2 Å². The van der Waals surface area contributed by atoms with Crippen LogP contribution in [-0.4, -0.2) is 50.9 Å². The fourth-order valence-electron chi connectivity index (χ4n) is 4.15. The topological polar surface area (TPSA) is 96.0 Å². The van der Waals surface area contributed by atoms with E-state index in [9.17, 15) is 18.0 Å². The van der Waals surface area contributed by atoms with Gasteiger partial charge in [0.15, 0.2) is 0 Å². The van der Waals surface area contributed by atoms with Crippen LogP contribution in [0.15, 0.2) is 77.7 Å². The van der Waals surface area contributed by atoms with Crippen molar-refractivity contribution in [3.05, 3.63) is 89.5 Å². The zero-order valence-corrected chi connectivity index (χ0v) is 24.2. The predicted octanol–water partition coefficient (Wildman–Crippen LogP) is 4.45. The number of nitrogens with one attached hydrogen (secondary N) is 1. The smallest absolute Gasteiger partial charge is 0.264 e. The second kappa shape index (κ2) is 12.8. The van der Waals surface area contributed by atoms with Gasteiger partial charge in [-0.2, -0.15) is 0 Å². The summed E-state index contributed by atoms with van der Waals surface area (Å²) in [5.74, 6) is -0.161. The lowest BCUT2D eigenvalue weighted by atomic mass is 10.1. The summed E-state index contributed by atoms with van der Waals surface area (Å²) >= 11 is 0. The summed E-state index contributed by atoms with van der Waals surface area (Å²) in [5, 5.41) is 2.85. The minimum atomic E-state index is -4.10. The molecule has 0 saturated carbocycles. The minimum Gasteiger partial charge on any atom is -0.497 e. The molecule has 2 amide bonds. The second-order valence-corrected chi connectivity index (χ2v) is 11.6. The highest BCUT2D eigenvalue weighted by Gasteiger charge is 2.33. The van der Waals surface area contributed by atoms with E-state index >= 15 is 0 Å². The standard InChI is InChI=1S/C30H37N3O5S/c1-21(2)31-30(35)24(5)32(19-25-15-17-26(38-6)18-16-25)29(34)20-33(28-14-10-11-22(3)23(28)4)39(36,37)27-12-8-7-9-13-27/h7-18,21,24H,19-20H2,1-6H3,(H,31,35)/t24-/m0/s1. The van der Waals surface area contributed by atoms with Gasteiger partial charge in [-0.15, -0.1) is 0 Å². The van der Waals surface area contributed by atoms with Crippen molar-refractivity contribution in [3.8, 4) is 5.75 Å². The van der Waals surface area contributed by atoms with Crippen molar-refractivity contribution in [2.45, 2.75) is 58.1 Å². The number of carbonyl (C=O) groups is 2. The first-order valence-corrected chi connectivity index (χ1v) is 14.3. The Morgan fingerprint density at radius 3 is 2.13 bits per heavy atom. The highest BCUT2D eigenvalue weighted by Crippen LogP contribution is 2.29. The Kier molecular flexibility index (Phi) is 9.75. The number of carbonyl (C=O) groups excluding carboxylic acids is 2. The van der Waals surface area contributed by atoms with E-state index in [0.717, 1.165) is 21.0 Å². The third kappa shape index (κ3) is 7.17. The highest BCUT2D eigenvalue weighted by atomic mass is 32.2. The molecule has 0 aliphatic rings. The Labute approximate surface area is 231 Å². The molecule has 0 aliphatic heterocycles. The van der Waals surface area contributed by atoms with Crippen LogP contribution in [0.1, 0.15) is 37.5 Å². The largest absolute Gasteiger partial charge is 0.497 e. The number of benzene rings is 3. The summed E-state index contributed by atoms with van der Waals surface area (Å²) in [4.78, 5) is 28.5. The van der Waals surface area contributed by atoms with Gasteiger partial charge in [0.1, 0.15) is 18.3 Å². The average molecular weight is 552 g/mol. The Morgan fingerprint density at radius 1 is 0.897 bits per heavy atom. The molecular weight excluding hydrogens is 514 g/mol. The van der Waals surface area contributed by atoms with E-state index < -0.39 is 28.5 Å². The lowest BCUT2D eigenvalue weighted by Crippen LogP contribution is -2.52. The molecule has 0 spiro atoms. The SMILES string of the molecule is COc1ccc(CN(C(=O)CN(c2cccc(C)c2C)S(=O)(=O)c2ccccc2)[C@@H](C)C(=O)NC(C)C)cc1. The van der Waals surface area contributed by atoms with Gasteiger partial charge in [-0.1, -0.05) is 42.5 Å². The quantitative estimate of drug-likeness (QED) is 0.380. The van der Waals surface area contributed by atoms with E-state index in [4.69, 9.17) is 4.74 Å². The Morgan fingerprint density at radius 2 is 1.54 bits per heavy atom. The lowest BCUT2D eigenvalue weighted by Gasteiger charge is -2.33. The molecule has 8 nitrogen and oxygen atoms in total. The fraction of sp³-hybridized carbons (Fsp3) is 0.333. The van der Waals surface area contributed by atoms with Crippen LogP contribution in [0.5, 0.6) is 5.75 Å². The molecule has 3 rings (SSSR count). The molecule has 0 fully saturated rings. The number of ether oxygens (including phenoxy) is 1. The van der Waals surface area contributed by atoms with Crippen molar-refractivity contribution in [1.29, 1.82) is 0 Å². The van der Waals surface area contributed by atoms with Gasteiger partial charge < -0.3 is 15.0 Å². The third-order valence-corrected chi connectivity index (χ3v) is 8.34. The van der Waals surface area contributed by atoms with E-state index in [1.54, 1.807) is 56.5 Å². The van der Waals surface area contributed by atoms with Gasteiger partial charge in [0.2, 0.25) is 11.8 Å². The Bertz CT molecular complexity index is 1390. The van der Waals surface area contributed by atoms with Crippen molar-refractivity contribution in [2.24, 2.45) is 0 Å². The monoisotopic (exact) mass is 551 g/mol. The number of nitrogens with zero attached hydrogens (tertiary/aromatic N) is 2. The molecule has 9 heteroatoms. The zero-order valence-electron chi connectivity index (χ0n) is 23.3. The maximum Gasteiger partial charge on any atom is 0.264 e. The normalized spacial score (nSPS) is 12.1. The summed E-state index contributed by atoms with van der Waals surface area (Å²) in [6.07, 6.45) is 0. The number of hydrogen-bond acceptors (Lipinski definition) is 5. The van der Waals surface area contributed by atoms with Crippen LogP contribution in [0.2, 0.25) is 0 Å². The van der Waals surface area contributed by atoms with Crippen LogP contribution in [0.4, 0.5) is 5.69 Å². The molecule has 0 saturated heterocycles. The van der Waals surface area contributed by atoms with E-state index in [1.807, 2.05) is 45.9 Å². The molecule has 0 aliphatic carbocycles. The van der Waals surface area contributed by atoms with Gasteiger partial charge >= 0.3 is 0 Å². The van der Waals surface area contributed by atoms with Gasteiger partial charge in [-0.3, -0.25) is 13.9 Å². The second-order valence-electron chi connectivity index (χ2n) is 9.75. The van der Waals surface area contributed by atoms with Gasteiger partial charge in [0, 0.05) is 12.6 Å². The molecule has 3 aromatic rings. The highest BCUT2D eigenvalue weighted by molar-refractivity contribution is 7.92. The molecular formula is C30H37N3O5S. The van der Waals surface area contributed by atoms with Crippen molar-refractivity contribution >= 4 is 27.5 Å². The number of aryl methyl sites for hydroxylation is 1. The molecule has 0 aromatic heterocycles. The maximum atomic E-state index is 14.0. The number of hydrogen-bond donors (Lipinski definition) is 1. The summed E-state index contributed by atoms with van der Waals surface area (Å²) < 4.78 is 34.2. The summed E-state index contributed by atoms with van der Waals surface area (Å²) in [6.45, 7) is 8.69. The maximum absolute atomic E-state index is 14.0. The van der Waals surface area contributed by atoms with E-state index in [0.29, 0.717) is 11.4 Å². The van der Waals surface area contributed by atoms with Gasteiger partial charge in [0.25, 0.3) is 10.0 Å². The summed E-state index contributed by atoms with van der Waals surface area (Å²) in [7, 11) is -2.53. The molecule has 39 heavy (non-hydrogen) atoms. The Balaban J connectivity index is 2.05. The first-order chi connectivity index (χ1) is 18.4. The van der Waals surface area contributed by atoms with Crippen molar-refractivity contribution in [2.75, 3.05) is 18.0 Å². The van der Waals surface area contributed by atoms with Gasteiger partial charge in [-0.25, -0.2) is 8.42 Å². The van der Waals surface area contributed by atoms with Crippen LogP contribution in [0, 0.1) is 13.8 Å². The number of amides is 2. The predicted molar refractivity (Wildman–Crippen MR) is 153 cm³/mol. The molecule has 1 N–H and O–H groups in total. The molecule has 0 radical (unpaired) electrons. The van der Waals surface area contributed by atoms with E-state index in [-0.39, 0.29) is 23.4 Å². The van der Waals surface area contributed by atoms with Gasteiger partial charge in [0.05, 0.1) is 17.7 Å². The number of rotatable bonds is 11. The fourth-order valence-corrected chi connectivity index (χ4v) is 5.65. The molecule has 1 atom stereocenters. The number of methoxy groups -OCH3 is 1. The van der Waals surface area contributed by atoms with Crippen LogP contribution >= 0.6 is 0 Å². The molecule has 208 valence electrons. The van der Waals surface area contributed by atoms with Crippen LogP contribution < -0.4 is 14.4 Å². The first kappa shape index (κ1) is 29.7. The van der Waals surface area contributed by atoms with Crippen LogP contribution in [0.3, 0.4) is 0 Å². The van der Waals surface area contributed by atoms with Crippen LogP contribution in [0.25, 0.3) is 0 Å².